The largest absolute Gasteiger partial charge is 0.463 e. The molecule has 0 bridgehead atoms. The maximum absolute atomic E-state index is 11.6. The molecule has 0 aliphatic rings. The number of amides is 1. The fourth-order valence-electron chi connectivity index (χ4n) is 1.14. The van der Waals surface area contributed by atoms with Gasteiger partial charge in [-0.25, -0.2) is 9.59 Å². The minimum atomic E-state index is -0.610. The molecule has 0 rings (SSSR count). The van der Waals surface area contributed by atoms with Crippen LogP contribution in [0.15, 0.2) is 12.7 Å². The van der Waals surface area contributed by atoms with Crippen molar-refractivity contribution in [3.8, 4) is 0 Å². The molecule has 0 spiro atoms. The summed E-state index contributed by atoms with van der Waals surface area (Å²) in [5, 5.41) is 2.46. The summed E-state index contributed by atoms with van der Waals surface area (Å²) in [4.78, 5) is 33.7. The van der Waals surface area contributed by atoms with Gasteiger partial charge in [0.15, 0.2) is 0 Å². The summed E-state index contributed by atoms with van der Waals surface area (Å²) in [5.41, 5.74) is -0.524. The molecule has 0 atom stereocenters. The molecule has 0 aromatic rings. The van der Waals surface area contributed by atoms with Crippen LogP contribution in [0.3, 0.4) is 0 Å². The van der Waals surface area contributed by atoms with Crippen LogP contribution in [0.1, 0.15) is 33.6 Å². The number of hydrogen-bond acceptors (Lipinski definition) is 6. The van der Waals surface area contributed by atoms with Gasteiger partial charge in [0.2, 0.25) is 0 Å². The molecule has 0 aromatic carbocycles. The van der Waals surface area contributed by atoms with E-state index in [-0.39, 0.29) is 32.3 Å². The predicted molar refractivity (Wildman–Crippen MR) is 80.2 cm³/mol. The van der Waals surface area contributed by atoms with Crippen LogP contribution in [0.2, 0.25) is 0 Å². The summed E-state index contributed by atoms with van der Waals surface area (Å²) in [7, 11) is 0. The van der Waals surface area contributed by atoms with E-state index in [1.165, 1.54) is 0 Å². The van der Waals surface area contributed by atoms with Crippen LogP contribution >= 0.6 is 0 Å². The molecule has 1 N–H and O–H groups in total. The van der Waals surface area contributed by atoms with Crippen LogP contribution in [-0.2, 0) is 23.8 Å². The fourth-order valence-corrected chi connectivity index (χ4v) is 1.14. The van der Waals surface area contributed by atoms with Crippen molar-refractivity contribution in [3.63, 3.8) is 0 Å². The summed E-state index contributed by atoms with van der Waals surface area (Å²) in [6.07, 6.45) is 1.53. The number of ether oxygens (including phenoxy) is 3. The Hall–Kier alpha value is -2.05. The Labute approximate surface area is 131 Å². The van der Waals surface area contributed by atoms with Gasteiger partial charge < -0.3 is 19.5 Å². The Bertz CT molecular complexity index is 391. The zero-order valence-electron chi connectivity index (χ0n) is 13.5. The number of rotatable bonds is 10. The summed E-state index contributed by atoms with van der Waals surface area (Å²) in [5.74, 6) is -0.810. The maximum atomic E-state index is 11.6. The van der Waals surface area contributed by atoms with Crippen molar-refractivity contribution in [1.29, 1.82) is 0 Å². The Morgan fingerprint density at radius 3 is 2.32 bits per heavy atom. The molecular weight excluding hydrogens is 290 g/mol. The molecule has 0 saturated heterocycles. The van der Waals surface area contributed by atoms with E-state index in [4.69, 9.17) is 14.2 Å². The second-order valence-corrected chi connectivity index (χ2v) is 5.16. The van der Waals surface area contributed by atoms with Gasteiger partial charge in [0.25, 0.3) is 0 Å². The number of carbonyl (C=O) groups excluding carboxylic acids is 3. The number of nitrogens with one attached hydrogen (secondary N) is 1. The summed E-state index contributed by atoms with van der Waals surface area (Å²) in [6.45, 7) is 9.31. The topological polar surface area (TPSA) is 90.9 Å². The van der Waals surface area contributed by atoms with Gasteiger partial charge in [-0.05, 0) is 20.3 Å². The lowest BCUT2D eigenvalue weighted by molar-refractivity contribution is -0.153. The van der Waals surface area contributed by atoms with Crippen LogP contribution in [0.25, 0.3) is 0 Å². The lowest BCUT2D eigenvalue weighted by atomic mass is 9.91. The smallest absolute Gasteiger partial charge is 0.407 e. The number of carbonyl (C=O) groups is 3. The third kappa shape index (κ3) is 8.99. The lowest BCUT2D eigenvalue weighted by Crippen LogP contribution is -2.32. The predicted octanol–water partition coefficient (Wildman–Crippen LogP) is 1.81. The molecule has 0 fully saturated rings. The average molecular weight is 315 g/mol. The van der Waals surface area contributed by atoms with Crippen LogP contribution in [0, 0.1) is 5.41 Å². The highest BCUT2D eigenvalue weighted by Crippen LogP contribution is 2.21. The SMILES string of the molecule is C=CC(=O)OCCCOC(=O)NCCOC(=O)C(C)(C)CC. The third-order valence-corrected chi connectivity index (χ3v) is 2.97. The zero-order chi connectivity index (χ0) is 17.0. The molecule has 0 heterocycles. The number of hydrogen-bond donors (Lipinski definition) is 1. The second-order valence-electron chi connectivity index (χ2n) is 5.16. The summed E-state index contributed by atoms with van der Waals surface area (Å²) >= 11 is 0. The molecule has 0 aliphatic heterocycles. The molecule has 22 heavy (non-hydrogen) atoms. The van der Waals surface area contributed by atoms with Crippen molar-refractivity contribution >= 4 is 18.0 Å². The first-order chi connectivity index (χ1) is 10.3. The van der Waals surface area contributed by atoms with Crippen LogP contribution in [-0.4, -0.2) is 44.4 Å². The van der Waals surface area contributed by atoms with Crippen molar-refractivity contribution in [3.05, 3.63) is 12.7 Å². The Kier molecular flexibility index (Phi) is 9.65. The van der Waals surface area contributed by atoms with E-state index in [1.54, 1.807) is 13.8 Å². The Balaban J connectivity index is 3.60. The molecule has 7 nitrogen and oxygen atoms in total. The van der Waals surface area contributed by atoms with Gasteiger partial charge in [-0.3, -0.25) is 4.79 Å². The normalized spacial score (nSPS) is 10.5. The molecule has 0 unspecified atom stereocenters. The first kappa shape index (κ1) is 19.9. The van der Waals surface area contributed by atoms with E-state index in [9.17, 15) is 14.4 Å². The number of esters is 2. The van der Waals surface area contributed by atoms with Gasteiger partial charge in [0.05, 0.1) is 25.2 Å². The van der Waals surface area contributed by atoms with E-state index in [1.807, 2.05) is 6.92 Å². The zero-order valence-corrected chi connectivity index (χ0v) is 13.5. The van der Waals surface area contributed by atoms with Gasteiger partial charge in [-0.2, -0.15) is 0 Å². The molecular formula is C15H25NO6. The quantitative estimate of drug-likeness (QED) is 0.286. The molecule has 0 radical (unpaired) electrons. The summed E-state index contributed by atoms with van der Waals surface area (Å²) < 4.78 is 14.6. The Morgan fingerprint density at radius 1 is 1.09 bits per heavy atom. The van der Waals surface area contributed by atoms with Gasteiger partial charge in [-0.15, -0.1) is 0 Å². The standard InChI is InChI=1S/C15H25NO6/c1-5-12(17)20-9-7-10-22-14(19)16-8-11-21-13(18)15(3,4)6-2/h5H,1,6-11H2,2-4H3,(H,16,19). The summed E-state index contributed by atoms with van der Waals surface area (Å²) in [6, 6.07) is 0. The van der Waals surface area contributed by atoms with Crippen LogP contribution < -0.4 is 5.32 Å². The first-order valence-electron chi connectivity index (χ1n) is 7.20. The van der Waals surface area contributed by atoms with Crippen LogP contribution in [0.5, 0.6) is 0 Å². The van der Waals surface area contributed by atoms with Crippen LogP contribution in [0.4, 0.5) is 4.79 Å². The minimum Gasteiger partial charge on any atom is -0.463 e. The van der Waals surface area contributed by atoms with Gasteiger partial charge in [0.1, 0.15) is 6.61 Å². The molecule has 7 heteroatoms. The maximum Gasteiger partial charge on any atom is 0.407 e. The monoisotopic (exact) mass is 315 g/mol. The van der Waals surface area contributed by atoms with Gasteiger partial charge >= 0.3 is 18.0 Å². The van der Waals surface area contributed by atoms with E-state index >= 15 is 0 Å². The van der Waals surface area contributed by atoms with E-state index < -0.39 is 17.5 Å². The van der Waals surface area contributed by atoms with Gasteiger partial charge in [0, 0.05) is 12.5 Å². The van der Waals surface area contributed by atoms with E-state index in [2.05, 4.69) is 11.9 Å². The molecule has 0 saturated carbocycles. The van der Waals surface area contributed by atoms with Gasteiger partial charge in [-0.1, -0.05) is 13.5 Å². The lowest BCUT2D eigenvalue weighted by Gasteiger charge is -2.20. The highest BCUT2D eigenvalue weighted by Gasteiger charge is 2.26. The highest BCUT2D eigenvalue weighted by molar-refractivity contribution is 5.81. The number of alkyl carbamates (subject to hydrolysis) is 1. The first-order valence-corrected chi connectivity index (χ1v) is 7.20. The molecule has 126 valence electrons. The van der Waals surface area contributed by atoms with Crippen molar-refractivity contribution in [2.75, 3.05) is 26.4 Å². The van der Waals surface area contributed by atoms with Crippen molar-refractivity contribution in [2.45, 2.75) is 33.6 Å². The third-order valence-electron chi connectivity index (χ3n) is 2.97. The minimum absolute atomic E-state index is 0.0916. The molecule has 0 aliphatic carbocycles. The molecule has 0 aromatic heterocycles. The van der Waals surface area contributed by atoms with Crippen molar-refractivity contribution < 1.29 is 28.6 Å². The highest BCUT2D eigenvalue weighted by atomic mass is 16.6. The average Bonchev–Trinajstić information content (AvgIpc) is 2.50. The fraction of sp³-hybridized carbons (Fsp3) is 0.667. The van der Waals surface area contributed by atoms with E-state index in [0.717, 1.165) is 6.08 Å². The van der Waals surface area contributed by atoms with Crippen molar-refractivity contribution in [1.82, 2.24) is 5.32 Å². The molecule has 1 amide bonds. The Morgan fingerprint density at radius 2 is 1.73 bits per heavy atom. The van der Waals surface area contributed by atoms with Crippen molar-refractivity contribution in [2.24, 2.45) is 5.41 Å². The van der Waals surface area contributed by atoms with E-state index in [0.29, 0.717) is 12.8 Å². The second kappa shape index (κ2) is 10.6.